The van der Waals surface area contributed by atoms with Gasteiger partial charge in [-0.2, -0.15) is 0 Å². The molecule has 7 nitrogen and oxygen atoms in total. The smallest absolute Gasteiger partial charge is 0.225 e. The van der Waals surface area contributed by atoms with E-state index >= 15 is 0 Å². The normalized spacial score (nSPS) is 21.8. The Morgan fingerprint density at radius 1 is 1.12 bits per heavy atom. The topological polar surface area (TPSA) is 72.8 Å². The number of anilines is 1. The van der Waals surface area contributed by atoms with Crippen molar-refractivity contribution in [3.8, 4) is 0 Å². The Labute approximate surface area is 143 Å². The highest BCUT2D eigenvalue weighted by molar-refractivity contribution is 5.77. The van der Waals surface area contributed by atoms with Crippen LogP contribution < -0.4 is 4.90 Å². The highest BCUT2D eigenvalue weighted by atomic mass is 16.3. The highest BCUT2D eigenvalue weighted by Crippen LogP contribution is 2.26. The third-order valence-electron chi connectivity index (χ3n) is 5.08. The van der Waals surface area contributed by atoms with E-state index in [0.717, 1.165) is 37.7 Å². The summed E-state index contributed by atoms with van der Waals surface area (Å²) in [6, 6.07) is 0. The fourth-order valence-corrected chi connectivity index (χ4v) is 3.31. The van der Waals surface area contributed by atoms with E-state index in [0.29, 0.717) is 25.9 Å². The SMILES string of the molecule is Cc1cnc(N2CCN(C(=O)CC3(O)CCN(C)CC3)CC2)nc1. The van der Waals surface area contributed by atoms with E-state index in [1.807, 2.05) is 31.3 Å². The first kappa shape index (κ1) is 17.1. The predicted octanol–water partition coefficient (Wildman–Crippen LogP) is 0.280. The number of aryl methyl sites for hydroxylation is 1. The summed E-state index contributed by atoms with van der Waals surface area (Å²) in [6.07, 6.45) is 5.21. The van der Waals surface area contributed by atoms with Gasteiger partial charge in [0.05, 0.1) is 12.0 Å². The van der Waals surface area contributed by atoms with Gasteiger partial charge in [-0.15, -0.1) is 0 Å². The average Bonchev–Trinajstić information content (AvgIpc) is 2.59. The first-order chi connectivity index (χ1) is 11.5. The van der Waals surface area contributed by atoms with E-state index in [-0.39, 0.29) is 12.3 Å². The molecule has 1 aromatic heterocycles. The third kappa shape index (κ3) is 4.02. The zero-order valence-corrected chi connectivity index (χ0v) is 14.6. The van der Waals surface area contributed by atoms with Gasteiger partial charge < -0.3 is 19.8 Å². The average molecular weight is 333 g/mol. The van der Waals surface area contributed by atoms with Crippen LogP contribution in [0.15, 0.2) is 12.4 Å². The van der Waals surface area contributed by atoms with Crippen LogP contribution in [0.2, 0.25) is 0 Å². The van der Waals surface area contributed by atoms with Crippen LogP contribution in [0.4, 0.5) is 5.95 Å². The Balaban J connectivity index is 1.51. The molecule has 0 atom stereocenters. The number of amides is 1. The molecule has 1 aromatic rings. The maximum atomic E-state index is 12.5. The Morgan fingerprint density at radius 3 is 2.29 bits per heavy atom. The number of carbonyl (C=O) groups excluding carboxylic acids is 1. The summed E-state index contributed by atoms with van der Waals surface area (Å²) in [5.74, 6) is 0.785. The van der Waals surface area contributed by atoms with Gasteiger partial charge in [0.15, 0.2) is 0 Å². The molecule has 3 heterocycles. The molecular formula is C17H27N5O2. The molecule has 7 heteroatoms. The Hall–Kier alpha value is -1.73. The Kier molecular flexibility index (Phi) is 5.01. The highest BCUT2D eigenvalue weighted by Gasteiger charge is 2.35. The molecule has 0 aromatic carbocycles. The van der Waals surface area contributed by atoms with Gasteiger partial charge in [0, 0.05) is 51.7 Å². The lowest BCUT2D eigenvalue weighted by atomic mass is 9.88. The fourth-order valence-electron chi connectivity index (χ4n) is 3.31. The van der Waals surface area contributed by atoms with Crippen LogP contribution >= 0.6 is 0 Å². The molecule has 24 heavy (non-hydrogen) atoms. The number of carbonyl (C=O) groups is 1. The second-order valence-corrected chi connectivity index (χ2v) is 7.13. The van der Waals surface area contributed by atoms with Crippen LogP contribution in [0.1, 0.15) is 24.8 Å². The summed E-state index contributed by atoms with van der Waals surface area (Å²) < 4.78 is 0. The van der Waals surface area contributed by atoms with Crippen molar-refractivity contribution >= 4 is 11.9 Å². The van der Waals surface area contributed by atoms with Crippen molar-refractivity contribution in [1.82, 2.24) is 19.8 Å². The van der Waals surface area contributed by atoms with Gasteiger partial charge in [-0.3, -0.25) is 4.79 Å². The molecule has 0 bridgehead atoms. The number of hydrogen-bond acceptors (Lipinski definition) is 6. The van der Waals surface area contributed by atoms with Gasteiger partial charge in [0.25, 0.3) is 0 Å². The number of piperidine rings is 1. The molecule has 0 spiro atoms. The fraction of sp³-hybridized carbons (Fsp3) is 0.706. The van der Waals surface area contributed by atoms with Crippen LogP contribution in [-0.2, 0) is 4.79 Å². The zero-order chi connectivity index (χ0) is 17.2. The monoisotopic (exact) mass is 333 g/mol. The first-order valence-corrected chi connectivity index (χ1v) is 8.67. The molecule has 1 N–H and O–H groups in total. The van der Waals surface area contributed by atoms with E-state index in [4.69, 9.17) is 0 Å². The van der Waals surface area contributed by atoms with E-state index in [2.05, 4.69) is 19.8 Å². The van der Waals surface area contributed by atoms with E-state index in [9.17, 15) is 9.90 Å². The lowest BCUT2D eigenvalue weighted by Crippen LogP contribution is -2.52. The van der Waals surface area contributed by atoms with Crippen molar-refractivity contribution in [3.63, 3.8) is 0 Å². The molecule has 2 aliphatic rings. The summed E-state index contributed by atoms with van der Waals surface area (Å²) in [5, 5.41) is 10.6. The number of hydrogen-bond donors (Lipinski definition) is 1. The predicted molar refractivity (Wildman–Crippen MR) is 91.9 cm³/mol. The summed E-state index contributed by atoms with van der Waals surface area (Å²) in [4.78, 5) is 27.4. The van der Waals surface area contributed by atoms with Gasteiger partial charge in [-0.05, 0) is 32.4 Å². The molecule has 132 valence electrons. The van der Waals surface area contributed by atoms with Gasteiger partial charge in [0.1, 0.15) is 0 Å². The molecule has 0 saturated carbocycles. The van der Waals surface area contributed by atoms with Crippen LogP contribution in [0.25, 0.3) is 0 Å². The largest absolute Gasteiger partial charge is 0.389 e. The van der Waals surface area contributed by atoms with Crippen molar-refractivity contribution < 1.29 is 9.90 Å². The lowest BCUT2D eigenvalue weighted by Gasteiger charge is -2.39. The zero-order valence-electron chi connectivity index (χ0n) is 14.6. The number of piperazine rings is 1. The lowest BCUT2D eigenvalue weighted by molar-refractivity contribution is -0.138. The minimum absolute atomic E-state index is 0.0616. The molecule has 1 amide bonds. The first-order valence-electron chi connectivity index (χ1n) is 8.67. The van der Waals surface area contributed by atoms with Gasteiger partial charge in [-0.1, -0.05) is 0 Å². The maximum absolute atomic E-state index is 12.5. The molecule has 2 fully saturated rings. The Morgan fingerprint density at radius 2 is 1.71 bits per heavy atom. The van der Waals surface area contributed by atoms with E-state index < -0.39 is 5.60 Å². The number of rotatable bonds is 3. The molecule has 3 rings (SSSR count). The summed E-state index contributed by atoms with van der Waals surface area (Å²) in [5.41, 5.74) is 0.208. The van der Waals surface area contributed by atoms with E-state index in [1.54, 1.807) is 0 Å². The third-order valence-corrected chi connectivity index (χ3v) is 5.08. The molecule has 0 unspecified atom stereocenters. The van der Waals surface area contributed by atoms with Gasteiger partial charge >= 0.3 is 0 Å². The minimum Gasteiger partial charge on any atom is -0.389 e. The molecule has 0 aliphatic carbocycles. The van der Waals surface area contributed by atoms with Crippen molar-refractivity contribution in [2.75, 3.05) is 51.2 Å². The number of aliphatic hydroxyl groups is 1. The number of likely N-dealkylation sites (tertiary alicyclic amines) is 1. The molecule has 0 radical (unpaired) electrons. The summed E-state index contributed by atoms with van der Waals surface area (Å²) in [6.45, 7) is 6.45. The minimum atomic E-state index is -0.833. The molecule has 2 saturated heterocycles. The quantitative estimate of drug-likeness (QED) is 0.857. The van der Waals surface area contributed by atoms with Gasteiger partial charge in [-0.25, -0.2) is 9.97 Å². The molecule has 2 aliphatic heterocycles. The molecular weight excluding hydrogens is 306 g/mol. The van der Waals surface area contributed by atoms with Crippen molar-refractivity contribution in [3.05, 3.63) is 18.0 Å². The van der Waals surface area contributed by atoms with Gasteiger partial charge in [0.2, 0.25) is 11.9 Å². The van der Waals surface area contributed by atoms with Crippen LogP contribution in [0, 0.1) is 6.92 Å². The second-order valence-electron chi connectivity index (χ2n) is 7.13. The van der Waals surface area contributed by atoms with E-state index in [1.165, 1.54) is 0 Å². The van der Waals surface area contributed by atoms with Crippen LogP contribution in [-0.4, -0.2) is 82.7 Å². The standard InChI is InChI=1S/C17H27N5O2/c1-14-12-18-16(19-13-14)22-9-7-21(8-10-22)15(23)11-17(24)3-5-20(2)6-4-17/h12-13,24H,3-11H2,1-2H3. The van der Waals surface area contributed by atoms with Crippen molar-refractivity contribution in [2.45, 2.75) is 31.8 Å². The summed E-state index contributed by atoms with van der Waals surface area (Å²) >= 11 is 0. The second kappa shape index (κ2) is 7.03. The van der Waals surface area contributed by atoms with Crippen molar-refractivity contribution in [1.29, 1.82) is 0 Å². The van der Waals surface area contributed by atoms with Crippen LogP contribution in [0.3, 0.4) is 0 Å². The number of aromatic nitrogens is 2. The maximum Gasteiger partial charge on any atom is 0.225 e. The van der Waals surface area contributed by atoms with Crippen LogP contribution in [0.5, 0.6) is 0 Å². The number of nitrogens with zero attached hydrogens (tertiary/aromatic N) is 5. The Bertz CT molecular complexity index is 561. The van der Waals surface area contributed by atoms with Crippen molar-refractivity contribution in [2.24, 2.45) is 0 Å². The summed E-state index contributed by atoms with van der Waals surface area (Å²) in [7, 11) is 2.05.